The van der Waals surface area contributed by atoms with Gasteiger partial charge in [-0.1, -0.05) is 41.9 Å². The number of H-pyrrole nitrogens is 1. The van der Waals surface area contributed by atoms with Crippen molar-refractivity contribution in [2.75, 3.05) is 5.73 Å². The number of nitrogens with one attached hydrogen (secondary N) is 1. The van der Waals surface area contributed by atoms with Gasteiger partial charge < -0.3 is 5.73 Å². The topological polar surface area (TPSA) is 80.5 Å². The fourth-order valence-corrected chi connectivity index (χ4v) is 3.13. The van der Waals surface area contributed by atoms with Gasteiger partial charge in [0.2, 0.25) is 0 Å². The quantitative estimate of drug-likeness (QED) is 0.540. The summed E-state index contributed by atoms with van der Waals surface area (Å²) in [6, 6.07) is 13.6. The van der Waals surface area contributed by atoms with E-state index in [4.69, 9.17) is 28.7 Å². The number of aromatic nitrogens is 4. The van der Waals surface area contributed by atoms with E-state index in [0.29, 0.717) is 34.3 Å². The van der Waals surface area contributed by atoms with Gasteiger partial charge in [-0.3, -0.25) is 5.10 Å². The molecule has 0 spiro atoms. The zero-order valence-electron chi connectivity index (χ0n) is 13.7. The van der Waals surface area contributed by atoms with Crippen LogP contribution in [0.5, 0.6) is 0 Å². The highest BCUT2D eigenvalue weighted by Gasteiger charge is 2.17. The Morgan fingerprint density at radius 3 is 2.62 bits per heavy atom. The second-order valence-electron chi connectivity index (χ2n) is 5.79. The summed E-state index contributed by atoms with van der Waals surface area (Å²) in [5.74, 6) is 2.91. The number of nitrogen functional groups attached to an aromatic ring is 1. The number of anilines is 1. The Labute approximate surface area is 155 Å². The lowest BCUT2D eigenvalue weighted by molar-refractivity contribution is 1.09. The van der Waals surface area contributed by atoms with E-state index in [1.807, 2.05) is 42.5 Å². The van der Waals surface area contributed by atoms with Gasteiger partial charge in [0.25, 0.3) is 0 Å². The zero-order chi connectivity index (χ0) is 18.1. The van der Waals surface area contributed by atoms with Crippen molar-refractivity contribution in [3.05, 3.63) is 59.4 Å². The van der Waals surface area contributed by atoms with Crippen LogP contribution in [0.15, 0.2) is 48.7 Å². The van der Waals surface area contributed by atoms with Crippen LogP contribution in [0.3, 0.4) is 0 Å². The maximum Gasteiger partial charge on any atom is 0.146 e. The van der Waals surface area contributed by atoms with Gasteiger partial charge in [0, 0.05) is 16.5 Å². The van der Waals surface area contributed by atoms with Crippen LogP contribution in [0.1, 0.15) is 5.69 Å². The van der Waals surface area contributed by atoms with Crippen LogP contribution in [0.2, 0.25) is 5.02 Å². The predicted octanol–water partition coefficient (Wildman–Crippen LogP) is 4.10. The van der Waals surface area contributed by atoms with E-state index < -0.39 is 0 Å². The van der Waals surface area contributed by atoms with Crippen molar-refractivity contribution in [2.45, 2.75) is 6.42 Å². The Bertz CT molecular complexity index is 1140. The SMILES string of the molecule is C#CCc1nc(-c2cc(Cl)c3[nH]ncc3c2)c(-c2ccccc2)nc1N. The summed E-state index contributed by atoms with van der Waals surface area (Å²) in [5.41, 5.74) is 10.5. The maximum atomic E-state index is 6.41. The lowest BCUT2D eigenvalue weighted by Gasteiger charge is -2.12. The number of fused-ring (bicyclic) bond motifs is 1. The Morgan fingerprint density at radius 1 is 1.08 bits per heavy atom. The molecule has 0 aliphatic rings. The van der Waals surface area contributed by atoms with Gasteiger partial charge in [0.05, 0.1) is 40.2 Å². The summed E-state index contributed by atoms with van der Waals surface area (Å²) in [7, 11) is 0. The van der Waals surface area contributed by atoms with E-state index in [2.05, 4.69) is 21.1 Å². The minimum atomic E-state index is 0.308. The smallest absolute Gasteiger partial charge is 0.146 e. The molecule has 0 fully saturated rings. The van der Waals surface area contributed by atoms with Crippen LogP contribution >= 0.6 is 11.6 Å². The number of terminal acetylenes is 1. The number of aromatic amines is 1. The number of hydrogen-bond acceptors (Lipinski definition) is 4. The molecule has 4 aromatic rings. The number of halogens is 1. The molecule has 0 radical (unpaired) electrons. The zero-order valence-corrected chi connectivity index (χ0v) is 14.5. The molecule has 0 unspecified atom stereocenters. The van der Waals surface area contributed by atoms with Crippen LogP contribution < -0.4 is 5.73 Å². The molecule has 0 saturated carbocycles. The molecule has 6 heteroatoms. The molecule has 0 bridgehead atoms. The largest absolute Gasteiger partial charge is 0.382 e. The molecule has 0 atom stereocenters. The van der Waals surface area contributed by atoms with E-state index >= 15 is 0 Å². The lowest BCUT2D eigenvalue weighted by atomic mass is 10.0. The van der Waals surface area contributed by atoms with Crippen LogP contribution in [0.4, 0.5) is 5.82 Å². The van der Waals surface area contributed by atoms with Crippen LogP contribution in [-0.4, -0.2) is 20.2 Å². The normalized spacial score (nSPS) is 10.8. The van der Waals surface area contributed by atoms with Gasteiger partial charge in [-0.25, -0.2) is 9.97 Å². The van der Waals surface area contributed by atoms with Crippen LogP contribution in [-0.2, 0) is 6.42 Å². The summed E-state index contributed by atoms with van der Waals surface area (Å²) in [6.45, 7) is 0. The molecule has 4 rings (SSSR count). The molecule has 0 aliphatic carbocycles. The molecule has 26 heavy (non-hydrogen) atoms. The second-order valence-corrected chi connectivity index (χ2v) is 6.20. The number of hydrogen-bond donors (Lipinski definition) is 2. The van der Waals surface area contributed by atoms with Crippen molar-refractivity contribution in [1.82, 2.24) is 20.2 Å². The van der Waals surface area contributed by atoms with Crippen molar-refractivity contribution >= 4 is 28.3 Å². The first-order valence-electron chi connectivity index (χ1n) is 7.95. The molecule has 2 aromatic carbocycles. The number of nitrogens with two attached hydrogens (primary N) is 1. The van der Waals surface area contributed by atoms with Gasteiger partial charge in [-0.05, 0) is 12.1 Å². The molecular formula is C20H14ClN5. The molecule has 0 amide bonds. The minimum absolute atomic E-state index is 0.308. The Balaban J connectivity index is 2.00. The van der Waals surface area contributed by atoms with E-state index in [-0.39, 0.29) is 0 Å². The third kappa shape index (κ3) is 2.77. The van der Waals surface area contributed by atoms with Crippen molar-refractivity contribution in [3.63, 3.8) is 0 Å². The summed E-state index contributed by atoms with van der Waals surface area (Å²) in [6.07, 6.45) is 7.48. The summed E-state index contributed by atoms with van der Waals surface area (Å²) >= 11 is 6.41. The summed E-state index contributed by atoms with van der Waals surface area (Å²) in [5, 5.41) is 8.39. The first kappa shape index (κ1) is 16.1. The molecule has 126 valence electrons. The molecular weight excluding hydrogens is 346 g/mol. The van der Waals surface area contributed by atoms with Gasteiger partial charge in [0.1, 0.15) is 5.82 Å². The van der Waals surface area contributed by atoms with Gasteiger partial charge in [0.15, 0.2) is 0 Å². The average Bonchev–Trinajstić information content (AvgIpc) is 3.13. The highest BCUT2D eigenvalue weighted by Crippen LogP contribution is 2.34. The minimum Gasteiger partial charge on any atom is -0.382 e. The first-order valence-corrected chi connectivity index (χ1v) is 8.33. The Kier molecular flexibility index (Phi) is 4.04. The fraction of sp³-hybridized carbons (Fsp3) is 0.0500. The molecule has 5 nitrogen and oxygen atoms in total. The third-order valence-electron chi connectivity index (χ3n) is 4.09. The van der Waals surface area contributed by atoms with Crippen molar-refractivity contribution in [3.8, 4) is 34.9 Å². The fourth-order valence-electron chi connectivity index (χ4n) is 2.86. The van der Waals surface area contributed by atoms with Gasteiger partial charge >= 0.3 is 0 Å². The van der Waals surface area contributed by atoms with Crippen molar-refractivity contribution in [1.29, 1.82) is 0 Å². The van der Waals surface area contributed by atoms with E-state index in [0.717, 1.165) is 22.0 Å². The van der Waals surface area contributed by atoms with E-state index in [9.17, 15) is 0 Å². The average molecular weight is 360 g/mol. The van der Waals surface area contributed by atoms with E-state index in [1.54, 1.807) is 6.20 Å². The third-order valence-corrected chi connectivity index (χ3v) is 4.39. The molecule has 0 saturated heterocycles. The van der Waals surface area contributed by atoms with Gasteiger partial charge in [-0.2, -0.15) is 5.10 Å². The van der Waals surface area contributed by atoms with Gasteiger partial charge in [-0.15, -0.1) is 12.3 Å². The van der Waals surface area contributed by atoms with E-state index in [1.165, 1.54) is 0 Å². The lowest BCUT2D eigenvalue weighted by Crippen LogP contribution is -2.05. The maximum absolute atomic E-state index is 6.41. The molecule has 2 heterocycles. The highest BCUT2D eigenvalue weighted by atomic mass is 35.5. The highest BCUT2D eigenvalue weighted by molar-refractivity contribution is 6.35. The standard InChI is InChI=1S/C20H14ClN5/c1-2-6-16-20(22)25-18(12-7-4-3-5-8-12)19(24-16)13-9-14-11-23-26-17(14)15(21)10-13/h1,3-5,7-11H,6H2,(H2,22,25)(H,23,26). The van der Waals surface area contributed by atoms with Crippen LogP contribution in [0.25, 0.3) is 33.4 Å². The number of benzene rings is 2. The molecule has 2 aromatic heterocycles. The van der Waals surface area contributed by atoms with Crippen molar-refractivity contribution < 1.29 is 0 Å². The monoisotopic (exact) mass is 359 g/mol. The summed E-state index contributed by atoms with van der Waals surface area (Å²) in [4.78, 5) is 9.31. The Morgan fingerprint density at radius 2 is 1.85 bits per heavy atom. The van der Waals surface area contributed by atoms with Crippen LogP contribution in [0, 0.1) is 12.3 Å². The first-order chi connectivity index (χ1) is 12.7. The molecule has 0 aliphatic heterocycles. The second kappa shape index (κ2) is 6.51. The number of rotatable bonds is 3. The summed E-state index contributed by atoms with van der Waals surface area (Å²) < 4.78 is 0. The van der Waals surface area contributed by atoms with Crippen molar-refractivity contribution in [2.24, 2.45) is 0 Å². The number of nitrogens with zero attached hydrogens (tertiary/aromatic N) is 3. The predicted molar refractivity (Wildman–Crippen MR) is 105 cm³/mol. The molecule has 3 N–H and O–H groups in total. The Hall–Kier alpha value is -3.36.